The van der Waals surface area contributed by atoms with Crippen molar-refractivity contribution in [3.05, 3.63) is 58.4 Å². The molecule has 0 aliphatic carbocycles. The summed E-state index contributed by atoms with van der Waals surface area (Å²) in [5.41, 5.74) is 3.64. The van der Waals surface area contributed by atoms with Crippen LogP contribution >= 0.6 is 0 Å². The number of ketones is 1. The van der Waals surface area contributed by atoms with Crippen molar-refractivity contribution in [1.82, 2.24) is 10.3 Å². The maximum atomic E-state index is 12.7. The van der Waals surface area contributed by atoms with Crippen LogP contribution in [0.15, 0.2) is 30.3 Å². The number of nitrogens with one attached hydrogen (secondary N) is 2. The Morgan fingerprint density at radius 3 is 2.35 bits per heavy atom. The molecule has 0 saturated heterocycles. The van der Waals surface area contributed by atoms with Gasteiger partial charge in [0.05, 0.1) is 6.04 Å². The van der Waals surface area contributed by atoms with Crippen LogP contribution in [0.4, 0.5) is 0 Å². The van der Waals surface area contributed by atoms with E-state index in [2.05, 4.69) is 17.2 Å². The highest BCUT2D eigenvalue weighted by atomic mass is 16.2. The molecule has 122 valence electrons. The van der Waals surface area contributed by atoms with E-state index in [1.807, 2.05) is 44.2 Å². The first-order valence-electron chi connectivity index (χ1n) is 8.01. The first-order chi connectivity index (χ1) is 11.0. The molecule has 0 radical (unpaired) electrons. The molecular formula is C19H24N2O2. The molecule has 23 heavy (non-hydrogen) atoms. The van der Waals surface area contributed by atoms with Crippen LogP contribution in [0.1, 0.15) is 70.4 Å². The van der Waals surface area contributed by atoms with E-state index < -0.39 is 0 Å². The second-order valence-electron chi connectivity index (χ2n) is 5.91. The van der Waals surface area contributed by atoms with Crippen LogP contribution in [-0.4, -0.2) is 16.7 Å². The number of rotatable bonds is 6. The van der Waals surface area contributed by atoms with Crippen LogP contribution in [-0.2, 0) is 0 Å². The van der Waals surface area contributed by atoms with Gasteiger partial charge in [-0.3, -0.25) is 9.59 Å². The number of amides is 1. The second-order valence-corrected chi connectivity index (χ2v) is 5.91. The third kappa shape index (κ3) is 3.70. The molecule has 1 aromatic heterocycles. The first-order valence-corrected chi connectivity index (χ1v) is 8.01. The summed E-state index contributed by atoms with van der Waals surface area (Å²) in [6, 6.07) is 9.93. The van der Waals surface area contributed by atoms with Gasteiger partial charge in [0, 0.05) is 11.3 Å². The first kappa shape index (κ1) is 17.0. The zero-order chi connectivity index (χ0) is 17.0. The molecule has 0 spiro atoms. The van der Waals surface area contributed by atoms with Crippen LogP contribution < -0.4 is 5.32 Å². The molecule has 1 atom stereocenters. The minimum atomic E-state index is -0.166. The van der Waals surface area contributed by atoms with Crippen molar-refractivity contribution in [3.63, 3.8) is 0 Å². The monoisotopic (exact) mass is 312 g/mol. The lowest BCUT2D eigenvalue weighted by Crippen LogP contribution is -2.29. The molecule has 1 aromatic carbocycles. The van der Waals surface area contributed by atoms with Crippen molar-refractivity contribution in [2.45, 2.75) is 46.6 Å². The Morgan fingerprint density at radius 2 is 1.83 bits per heavy atom. The number of hydrogen-bond donors (Lipinski definition) is 2. The lowest BCUT2D eigenvalue weighted by atomic mass is 10.0. The molecule has 2 rings (SSSR count). The highest BCUT2D eigenvalue weighted by Gasteiger charge is 2.22. The highest BCUT2D eigenvalue weighted by molar-refractivity contribution is 6.02. The largest absolute Gasteiger partial charge is 0.354 e. The number of aryl methyl sites for hydroxylation is 1. The minimum Gasteiger partial charge on any atom is -0.354 e. The van der Waals surface area contributed by atoms with Gasteiger partial charge in [-0.1, -0.05) is 43.7 Å². The van der Waals surface area contributed by atoms with Crippen molar-refractivity contribution in [2.24, 2.45) is 0 Å². The van der Waals surface area contributed by atoms with Crippen molar-refractivity contribution in [3.8, 4) is 0 Å². The van der Waals surface area contributed by atoms with E-state index in [4.69, 9.17) is 0 Å². The van der Waals surface area contributed by atoms with E-state index in [1.165, 1.54) is 6.92 Å². The number of benzene rings is 1. The Bertz CT molecular complexity index is 702. The Hall–Kier alpha value is -2.36. The average molecular weight is 312 g/mol. The molecule has 0 fully saturated rings. The SMILES string of the molecule is CCCC(NC(=O)c1[nH]c(C)c(C(C)=O)c1C)c1ccccc1. The summed E-state index contributed by atoms with van der Waals surface area (Å²) >= 11 is 0. The van der Waals surface area contributed by atoms with Gasteiger partial charge >= 0.3 is 0 Å². The van der Waals surface area contributed by atoms with Gasteiger partial charge in [0.2, 0.25) is 0 Å². The number of aromatic nitrogens is 1. The van der Waals surface area contributed by atoms with Crippen molar-refractivity contribution >= 4 is 11.7 Å². The van der Waals surface area contributed by atoms with Gasteiger partial charge in [0.15, 0.2) is 5.78 Å². The molecule has 1 heterocycles. The van der Waals surface area contributed by atoms with Gasteiger partial charge in [0.25, 0.3) is 5.91 Å². The van der Waals surface area contributed by atoms with Crippen molar-refractivity contribution in [1.29, 1.82) is 0 Å². The van der Waals surface area contributed by atoms with E-state index in [0.717, 1.165) is 29.7 Å². The smallest absolute Gasteiger partial charge is 0.268 e. The Labute approximate surface area is 137 Å². The van der Waals surface area contributed by atoms with Gasteiger partial charge in [-0.25, -0.2) is 0 Å². The Kier molecular flexibility index (Phi) is 5.37. The summed E-state index contributed by atoms with van der Waals surface area (Å²) in [6.45, 7) is 7.25. The fraction of sp³-hybridized carbons (Fsp3) is 0.368. The summed E-state index contributed by atoms with van der Waals surface area (Å²) in [5, 5.41) is 3.09. The minimum absolute atomic E-state index is 0.0246. The van der Waals surface area contributed by atoms with Gasteiger partial charge in [-0.2, -0.15) is 0 Å². The molecule has 2 N–H and O–H groups in total. The number of H-pyrrole nitrogens is 1. The van der Waals surface area contributed by atoms with Gasteiger partial charge in [-0.15, -0.1) is 0 Å². The molecule has 0 bridgehead atoms. The number of aromatic amines is 1. The third-order valence-electron chi connectivity index (χ3n) is 4.10. The lowest BCUT2D eigenvalue weighted by molar-refractivity contribution is 0.0929. The second kappa shape index (κ2) is 7.27. The molecule has 2 aromatic rings. The zero-order valence-electron chi connectivity index (χ0n) is 14.2. The summed E-state index contributed by atoms with van der Waals surface area (Å²) in [6.07, 6.45) is 1.84. The summed E-state index contributed by atoms with van der Waals surface area (Å²) in [5.74, 6) is -0.191. The predicted molar refractivity (Wildman–Crippen MR) is 91.8 cm³/mol. The maximum absolute atomic E-state index is 12.7. The molecule has 4 nitrogen and oxygen atoms in total. The summed E-state index contributed by atoms with van der Waals surface area (Å²) < 4.78 is 0. The molecule has 4 heteroatoms. The van der Waals surface area contributed by atoms with Gasteiger partial charge < -0.3 is 10.3 Å². The fourth-order valence-corrected chi connectivity index (χ4v) is 3.03. The van der Waals surface area contributed by atoms with E-state index in [1.54, 1.807) is 0 Å². The molecule has 0 saturated carbocycles. The lowest BCUT2D eigenvalue weighted by Gasteiger charge is -2.18. The van der Waals surface area contributed by atoms with E-state index >= 15 is 0 Å². The summed E-state index contributed by atoms with van der Waals surface area (Å²) in [4.78, 5) is 27.4. The van der Waals surface area contributed by atoms with Gasteiger partial charge in [-0.05, 0) is 38.3 Å². The van der Waals surface area contributed by atoms with E-state index in [0.29, 0.717) is 11.3 Å². The zero-order valence-corrected chi connectivity index (χ0v) is 14.2. The molecule has 0 aliphatic heterocycles. The summed E-state index contributed by atoms with van der Waals surface area (Å²) in [7, 11) is 0. The predicted octanol–water partition coefficient (Wildman–Crippen LogP) is 4.11. The van der Waals surface area contributed by atoms with Crippen LogP contribution in [0, 0.1) is 13.8 Å². The highest BCUT2D eigenvalue weighted by Crippen LogP contribution is 2.22. The molecule has 1 unspecified atom stereocenters. The van der Waals surface area contributed by atoms with Crippen molar-refractivity contribution < 1.29 is 9.59 Å². The quantitative estimate of drug-likeness (QED) is 0.789. The van der Waals surface area contributed by atoms with E-state index in [-0.39, 0.29) is 17.7 Å². The van der Waals surface area contributed by atoms with Crippen LogP contribution in [0.25, 0.3) is 0 Å². The van der Waals surface area contributed by atoms with Gasteiger partial charge in [0.1, 0.15) is 5.69 Å². The standard InChI is InChI=1S/C19H24N2O2/c1-5-9-16(15-10-7-6-8-11-15)21-19(23)18-12(2)17(14(4)22)13(3)20-18/h6-8,10-11,16,20H,5,9H2,1-4H3,(H,21,23). The molecule has 1 amide bonds. The van der Waals surface area contributed by atoms with Crippen LogP contribution in [0.2, 0.25) is 0 Å². The third-order valence-corrected chi connectivity index (χ3v) is 4.10. The number of Topliss-reactive ketones (excluding diaryl/α,β-unsaturated/α-hetero) is 1. The van der Waals surface area contributed by atoms with Crippen LogP contribution in [0.5, 0.6) is 0 Å². The molecule has 0 aliphatic rings. The van der Waals surface area contributed by atoms with E-state index in [9.17, 15) is 9.59 Å². The molecular weight excluding hydrogens is 288 g/mol. The number of carbonyl (C=O) groups is 2. The average Bonchev–Trinajstić information content (AvgIpc) is 2.82. The van der Waals surface area contributed by atoms with Crippen molar-refractivity contribution in [2.75, 3.05) is 0 Å². The van der Waals surface area contributed by atoms with Crippen LogP contribution in [0.3, 0.4) is 0 Å². The Balaban J connectivity index is 2.26. The maximum Gasteiger partial charge on any atom is 0.268 e. The number of hydrogen-bond acceptors (Lipinski definition) is 2. The fourth-order valence-electron chi connectivity index (χ4n) is 3.03. The Morgan fingerprint density at radius 1 is 1.17 bits per heavy atom. The number of carbonyl (C=O) groups excluding carboxylic acids is 2. The normalized spacial score (nSPS) is 12.0. The topological polar surface area (TPSA) is 62.0 Å².